The molecule has 1 saturated carbocycles. The number of para-hydroxylation sites is 2. The zero-order valence-electron chi connectivity index (χ0n) is 18.5. The van der Waals surface area contributed by atoms with E-state index in [1.54, 1.807) is 0 Å². The van der Waals surface area contributed by atoms with Crippen molar-refractivity contribution >= 4 is 22.7 Å². The maximum Gasteiger partial charge on any atom is 0.0461 e. The van der Waals surface area contributed by atoms with Crippen molar-refractivity contribution in [2.45, 2.75) is 37.5 Å². The van der Waals surface area contributed by atoms with Crippen molar-refractivity contribution in [2.75, 3.05) is 10.6 Å². The van der Waals surface area contributed by atoms with Gasteiger partial charge in [-0.15, -0.1) is 0 Å². The predicted octanol–water partition coefficient (Wildman–Crippen LogP) is 7.99. The maximum atomic E-state index is 6.00. The number of hydrogen-bond acceptors (Lipinski definition) is 2. The molecule has 4 aromatic rings. The Kier molecular flexibility index (Phi) is 5.68. The lowest BCUT2D eigenvalue weighted by Crippen LogP contribution is -2.30. The Bertz CT molecular complexity index is 1090. The van der Waals surface area contributed by atoms with Gasteiger partial charge in [0.15, 0.2) is 0 Å². The lowest BCUT2D eigenvalue weighted by molar-refractivity contribution is 0.346. The summed E-state index contributed by atoms with van der Waals surface area (Å²) in [4.78, 5) is 2.32. The van der Waals surface area contributed by atoms with Gasteiger partial charge >= 0.3 is 0 Å². The molecule has 0 heterocycles. The minimum absolute atomic E-state index is 0.0782. The molecule has 0 amide bonds. The van der Waals surface area contributed by atoms with Crippen LogP contribution in [0.2, 0.25) is 0 Å². The van der Waals surface area contributed by atoms with Crippen molar-refractivity contribution in [3.8, 4) is 0 Å². The van der Waals surface area contributed by atoms with Crippen LogP contribution in [-0.2, 0) is 5.41 Å². The summed E-state index contributed by atoms with van der Waals surface area (Å²) in [7, 11) is 0. The van der Waals surface area contributed by atoms with Crippen LogP contribution in [0.5, 0.6) is 0 Å². The molecule has 1 aliphatic carbocycles. The highest BCUT2D eigenvalue weighted by atomic mass is 15.1. The molecule has 0 unspecified atom stereocenters. The quantitative estimate of drug-likeness (QED) is 0.333. The Balaban J connectivity index is 1.56. The Labute approximate surface area is 191 Å². The van der Waals surface area contributed by atoms with Crippen LogP contribution in [0.15, 0.2) is 109 Å². The van der Waals surface area contributed by atoms with Crippen molar-refractivity contribution in [3.05, 3.63) is 120 Å². The molecule has 0 aliphatic heterocycles. The second kappa shape index (κ2) is 8.92. The van der Waals surface area contributed by atoms with Crippen LogP contribution in [0.4, 0.5) is 22.7 Å². The van der Waals surface area contributed by atoms with Gasteiger partial charge in [0.2, 0.25) is 0 Å². The van der Waals surface area contributed by atoms with Gasteiger partial charge in [-0.1, -0.05) is 79.9 Å². The van der Waals surface area contributed by atoms with E-state index in [0.29, 0.717) is 0 Å². The first-order chi connectivity index (χ1) is 15.8. The van der Waals surface area contributed by atoms with Crippen LogP contribution in [0.1, 0.15) is 43.2 Å². The lowest BCUT2D eigenvalue weighted by atomic mass is 9.65. The largest absolute Gasteiger partial charge is 0.399 e. The standard InChI is InChI=1S/C30H30N2/c31-26-18-14-24(15-19-26)30(22-8-3-9-23-30)25-16-20-29(21-17-25)32(27-10-4-1-5-11-27)28-12-6-2-7-13-28/h1-2,4-7,10-21H,3,8-9,22-23,31H2. The third kappa shape index (κ3) is 3.89. The summed E-state index contributed by atoms with van der Waals surface area (Å²) in [6.45, 7) is 0. The predicted molar refractivity (Wildman–Crippen MR) is 136 cm³/mol. The van der Waals surface area contributed by atoms with Gasteiger partial charge in [0.1, 0.15) is 0 Å². The molecule has 32 heavy (non-hydrogen) atoms. The number of hydrogen-bond donors (Lipinski definition) is 1. The first-order valence-corrected chi connectivity index (χ1v) is 11.6. The normalized spacial score (nSPS) is 15.2. The topological polar surface area (TPSA) is 29.3 Å². The van der Waals surface area contributed by atoms with E-state index in [-0.39, 0.29) is 5.41 Å². The molecule has 2 heteroatoms. The zero-order valence-corrected chi connectivity index (χ0v) is 18.5. The Hall–Kier alpha value is -3.52. The van der Waals surface area contributed by atoms with Crippen molar-refractivity contribution in [1.29, 1.82) is 0 Å². The Morgan fingerprint density at radius 1 is 0.500 bits per heavy atom. The van der Waals surface area contributed by atoms with Crippen molar-refractivity contribution in [3.63, 3.8) is 0 Å². The highest BCUT2D eigenvalue weighted by Gasteiger charge is 2.35. The van der Waals surface area contributed by atoms with E-state index >= 15 is 0 Å². The number of rotatable bonds is 5. The van der Waals surface area contributed by atoms with E-state index in [1.807, 2.05) is 12.1 Å². The summed E-state index contributed by atoms with van der Waals surface area (Å²) in [5, 5.41) is 0. The number of nitrogens with zero attached hydrogens (tertiary/aromatic N) is 1. The van der Waals surface area contributed by atoms with Crippen LogP contribution in [-0.4, -0.2) is 0 Å². The number of anilines is 4. The van der Waals surface area contributed by atoms with Gasteiger partial charge in [0.25, 0.3) is 0 Å². The SMILES string of the molecule is Nc1ccc(C2(c3ccc(N(c4ccccc4)c4ccccc4)cc3)CCCCC2)cc1. The van der Waals surface area contributed by atoms with Crippen LogP contribution in [0.3, 0.4) is 0 Å². The second-order valence-electron chi connectivity index (χ2n) is 8.82. The molecule has 2 N–H and O–H groups in total. The summed E-state index contributed by atoms with van der Waals surface area (Å²) in [5.41, 5.74) is 13.2. The molecule has 2 nitrogen and oxygen atoms in total. The summed E-state index contributed by atoms with van der Waals surface area (Å²) >= 11 is 0. The maximum absolute atomic E-state index is 6.00. The van der Waals surface area contributed by atoms with E-state index in [9.17, 15) is 0 Å². The van der Waals surface area contributed by atoms with E-state index < -0.39 is 0 Å². The lowest BCUT2D eigenvalue weighted by Gasteiger charge is -2.39. The fourth-order valence-corrected chi connectivity index (χ4v) is 5.23. The summed E-state index contributed by atoms with van der Waals surface area (Å²) in [5.74, 6) is 0. The molecular formula is C30H30N2. The summed E-state index contributed by atoms with van der Waals surface area (Å²) in [6, 6.07) is 39.0. The molecule has 1 aliphatic rings. The molecule has 1 fully saturated rings. The first-order valence-electron chi connectivity index (χ1n) is 11.6. The Morgan fingerprint density at radius 2 is 0.938 bits per heavy atom. The Morgan fingerprint density at radius 3 is 1.44 bits per heavy atom. The molecule has 5 rings (SSSR count). The first kappa shape index (κ1) is 20.4. The van der Waals surface area contributed by atoms with Crippen LogP contribution in [0.25, 0.3) is 0 Å². The van der Waals surface area contributed by atoms with Crippen LogP contribution >= 0.6 is 0 Å². The van der Waals surface area contributed by atoms with Gasteiger partial charge in [-0.05, 0) is 72.5 Å². The van der Waals surface area contributed by atoms with E-state index in [2.05, 4.69) is 102 Å². The molecule has 4 aromatic carbocycles. The average molecular weight is 419 g/mol. The smallest absolute Gasteiger partial charge is 0.0461 e. The summed E-state index contributed by atoms with van der Waals surface area (Å²) in [6.07, 6.45) is 6.25. The van der Waals surface area contributed by atoms with Crippen LogP contribution < -0.4 is 10.6 Å². The minimum atomic E-state index is 0.0782. The molecule has 0 bridgehead atoms. The highest BCUT2D eigenvalue weighted by molar-refractivity contribution is 5.76. The molecule has 0 aromatic heterocycles. The number of nitrogen functional groups attached to an aromatic ring is 1. The van der Waals surface area contributed by atoms with Crippen molar-refractivity contribution < 1.29 is 0 Å². The monoisotopic (exact) mass is 418 g/mol. The molecule has 0 atom stereocenters. The molecule has 160 valence electrons. The van der Waals surface area contributed by atoms with Gasteiger partial charge in [0, 0.05) is 28.2 Å². The van der Waals surface area contributed by atoms with E-state index in [1.165, 1.54) is 48.9 Å². The number of nitrogens with two attached hydrogens (primary N) is 1. The summed E-state index contributed by atoms with van der Waals surface area (Å²) < 4.78 is 0. The molecule has 0 radical (unpaired) electrons. The number of benzene rings is 4. The van der Waals surface area contributed by atoms with E-state index in [0.717, 1.165) is 17.1 Å². The second-order valence-corrected chi connectivity index (χ2v) is 8.82. The van der Waals surface area contributed by atoms with Crippen molar-refractivity contribution in [2.24, 2.45) is 0 Å². The third-order valence-electron chi connectivity index (χ3n) is 6.88. The van der Waals surface area contributed by atoms with Gasteiger partial charge < -0.3 is 10.6 Å². The highest BCUT2D eigenvalue weighted by Crippen LogP contribution is 2.46. The third-order valence-corrected chi connectivity index (χ3v) is 6.88. The van der Waals surface area contributed by atoms with Gasteiger partial charge in [-0.2, -0.15) is 0 Å². The fourth-order valence-electron chi connectivity index (χ4n) is 5.23. The molecular weight excluding hydrogens is 388 g/mol. The van der Waals surface area contributed by atoms with Gasteiger partial charge in [0.05, 0.1) is 0 Å². The van der Waals surface area contributed by atoms with Gasteiger partial charge in [-0.3, -0.25) is 0 Å². The van der Waals surface area contributed by atoms with E-state index in [4.69, 9.17) is 5.73 Å². The minimum Gasteiger partial charge on any atom is -0.399 e. The van der Waals surface area contributed by atoms with Gasteiger partial charge in [-0.25, -0.2) is 0 Å². The molecule has 0 saturated heterocycles. The zero-order chi connectivity index (χ0) is 21.8. The fraction of sp³-hybridized carbons (Fsp3) is 0.200. The van der Waals surface area contributed by atoms with Crippen LogP contribution in [0, 0.1) is 0 Å². The average Bonchev–Trinajstić information content (AvgIpc) is 2.87. The molecule has 0 spiro atoms. The van der Waals surface area contributed by atoms with Crippen molar-refractivity contribution in [1.82, 2.24) is 0 Å².